The molecule has 1 rings (SSSR count). The lowest BCUT2D eigenvalue weighted by atomic mass is 10.1. The van der Waals surface area contributed by atoms with Crippen LogP contribution < -0.4 is 11.1 Å². The van der Waals surface area contributed by atoms with E-state index in [-0.39, 0.29) is 1.43 Å². The van der Waals surface area contributed by atoms with Gasteiger partial charge in [0.25, 0.3) is 0 Å². The molecule has 0 atom stereocenters. The average molecular weight is 171 g/mol. The highest BCUT2D eigenvalue weighted by atomic mass is 15.1. The van der Waals surface area contributed by atoms with Crippen molar-refractivity contribution in [1.29, 1.82) is 0 Å². The van der Waals surface area contributed by atoms with Crippen LogP contribution in [0, 0.1) is 0 Å². The number of hydrogen-bond acceptors (Lipinski definition) is 3. The van der Waals surface area contributed by atoms with E-state index in [0.29, 0.717) is 0 Å². The Kier molecular flexibility index (Phi) is 3.41. The molecular formula is C9H21N3. The second kappa shape index (κ2) is 4.36. The summed E-state index contributed by atoms with van der Waals surface area (Å²) in [7, 11) is 0. The molecule has 0 aromatic carbocycles. The molecule has 12 heavy (non-hydrogen) atoms. The van der Waals surface area contributed by atoms with Crippen LogP contribution in [0.4, 0.5) is 0 Å². The summed E-state index contributed by atoms with van der Waals surface area (Å²) in [5.74, 6) is 0. The molecule has 0 aromatic heterocycles. The van der Waals surface area contributed by atoms with Crippen molar-refractivity contribution in [3.8, 4) is 0 Å². The molecule has 0 saturated carbocycles. The van der Waals surface area contributed by atoms with Crippen LogP contribution in [0.15, 0.2) is 11.4 Å². The number of rotatable bonds is 3. The van der Waals surface area contributed by atoms with Crippen molar-refractivity contribution in [1.82, 2.24) is 10.2 Å². The summed E-state index contributed by atoms with van der Waals surface area (Å²) in [4.78, 5) is 2.36. The summed E-state index contributed by atoms with van der Waals surface area (Å²) in [5, 5.41) is 3.31. The van der Waals surface area contributed by atoms with Crippen molar-refractivity contribution in [3.63, 3.8) is 0 Å². The van der Waals surface area contributed by atoms with Crippen LogP contribution in [0.1, 0.15) is 21.7 Å². The minimum absolute atomic E-state index is 0. The van der Waals surface area contributed by atoms with Gasteiger partial charge in [-0.3, -0.25) is 4.90 Å². The predicted molar refractivity (Wildman–Crippen MR) is 53.7 cm³/mol. The molecule has 0 aromatic rings. The van der Waals surface area contributed by atoms with Crippen LogP contribution in [0.3, 0.4) is 0 Å². The molecule has 1 aliphatic rings. The van der Waals surface area contributed by atoms with Crippen molar-refractivity contribution < 1.29 is 1.43 Å². The average Bonchev–Trinajstić information content (AvgIpc) is 2.09. The minimum Gasteiger partial charge on any atom is -0.400 e. The first-order valence-corrected chi connectivity index (χ1v) is 4.71. The summed E-state index contributed by atoms with van der Waals surface area (Å²) in [6.45, 7) is 8.42. The molecule has 0 radical (unpaired) electrons. The molecular weight excluding hydrogens is 150 g/mol. The second-order valence-corrected chi connectivity index (χ2v) is 3.15. The smallest absolute Gasteiger partial charge is 0.0417 e. The fourth-order valence-electron chi connectivity index (χ4n) is 1.53. The van der Waals surface area contributed by atoms with Gasteiger partial charge in [0.2, 0.25) is 0 Å². The fraction of sp³-hybridized carbons (Fsp3) is 0.778. The zero-order valence-corrected chi connectivity index (χ0v) is 8.06. The predicted octanol–water partition coefficient (Wildman–Crippen LogP) is 0.738. The van der Waals surface area contributed by atoms with Crippen molar-refractivity contribution in [2.45, 2.75) is 20.3 Å². The van der Waals surface area contributed by atoms with Crippen LogP contribution in [0.2, 0.25) is 0 Å². The Morgan fingerprint density at radius 3 is 2.83 bits per heavy atom. The van der Waals surface area contributed by atoms with E-state index in [1.807, 2.05) is 0 Å². The lowest BCUT2D eigenvalue weighted by Crippen LogP contribution is -2.37. The highest BCUT2D eigenvalue weighted by molar-refractivity contribution is 5.14. The maximum Gasteiger partial charge on any atom is 0.0417 e. The zero-order chi connectivity index (χ0) is 8.97. The van der Waals surface area contributed by atoms with Crippen molar-refractivity contribution in [3.05, 3.63) is 11.4 Å². The maximum atomic E-state index is 5.91. The van der Waals surface area contributed by atoms with Gasteiger partial charge >= 0.3 is 0 Å². The SMILES string of the molecule is CCNC1=C(N)CN(CC)CC1.[HH]. The van der Waals surface area contributed by atoms with Crippen molar-refractivity contribution in [2.24, 2.45) is 5.73 Å². The van der Waals surface area contributed by atoms with Crippen LogP contribution in [-0.2, 0) is 0 Å². The summed E-state index contributed by atoms with van der Waals surface area (Å²) >= 11 is 0. The number of nitrogens with two attached hydrogens (primary N) is 1. The third kappa shape index (κ3) is 2.14. The van der Waals surface area contributed by atoms with E-state index >= 15 is 0 Å². The number of hydrogen-bond donors (Lipinski definition) is 2. The van der Waals surface area contributed by atoms with Gasteiger partial charge in [0.05, 0.1) is 0 Å². The molecule has 72 valence electrons. The summed E-state index contributed by atoms with van der Waals surface area (Å²) < 4.78 is 0. The Morgan fingerprint density at radius 2 is 2.33 bits per heavy atom. The lowest BCUT2D eigenvalue weighted by molar-refractivity contribution is 0.294. The first kappa shape index (κ1) is 9.39. The molecule has 0 bridgehead atoms. The second-order valence-electron chi connectivity index (χ2n) is 3.15. The highest BCUT2D eigenvalue weighted by Gasteiger charge is 2.14. The molecule has 0 saturated heterocycles. The van der Waals surface area contributed by atoms with Gasteiger partial charge < -0.3 is 11.1 Å². The Hall–Kier alpha value is -0.700. The van der Waals surface area contributed by atoms with Gasteiger partial charge in [-0.15, -0.1) is 0 Å². The first-order valence-electron chi connectivity index (χ1n) is 4.71. The van der Waals surface area contributed by atoms with Crippen LogP contribution in [0.25, 0.3) is 0 Å². The molecule has 0 unspecified atom stereocenters. The van der Waals surface area contributed by atoms with E-state index in [1.165, 1.54) is 5.70 Å². The quantitative estimate of drug-likeness (QED) is 0.658. The van der Waals surface area contributed by atoms with Gasteiger partial charge in [-0.2, -0.15) is 0 Å². The van der Waals surface area contributed by atoms with E-state index in [2.05, 4.69) is 24.1 Å². The van der Waals surface area contributed by atoms with E-state index < -0.39 is 0 Å². The maximum absolute atomic E-state index is 5.91. The largest absolute Gasteiger partial charge is 0.400 e. The molecule has 1 heterocycles. The van der Waals surface area contributed by atoms with E-state index in [9.17, 15) is 0 Å². The summed E-state index contributed by atoms with van der Waals surface area (Å²) in [6, 6.07) is 0. The van der Waals surface area contributed by atoms with Crippen LogP contribution in [0.5, 0.6) is 0 Å². The number of likely N-dealkylation sites (N-methyl/N-ethyl adjacent to an activating group) is 1. The standard InChI is InChI=1S/C9H19N3.H2/c1-3-11-9-5-6-12(4-2)7-8(9)10;/h11H,3-7,10H2,1-2H3;1H. The molecule has 1 aliphatic heterocycles. The first-order chi connectivity index (χ1) is 5.77. The van der Waals surface area contributed by atoms with Crippen molar-refractivity contribution >= 4 is 0 Å². The Morgan fingerprint density at radius 1 is 1.58 bits per heavy atom. The monoisotopic (exact) mass is 171 g/mol. The zero-order valence-electron chi connectivity index (χ0n) is 8.06. The number of nitrogens with one attached hydrogen (secondary N) is 1. The molecule has 0 amide bonds. The van der Waals surface area contributed by atoms with Gasteiger partial charge in [0, 0.05) is 38.9 Å². The Balaban J connectivity index is 0.00000144. The Bertz CT molecular complexity index is 180. The van der Waals surface area contributed by atoms with Gasteiger partial charge in [-0.1, -0.05) is 6.92 Å². The number of nitrogens with zero attached hydrogens (tertiary/aromatic N) is 1. The highest BCUT2D eigenvalue weighted by Crippen LogP contribution is 2.10. The molecule has 3 heteroatoms. The Labute approximate surface area is 76.1 Å². The van der Waals surface area contributed by atoms with Gasteiger partial charge in [0.15, 0.2) is 0 Å². The summed E-state index contributed by atoms with van der Waals surface area (Å²) in [6.07, 6.45) is 1.08. The molecule has 0 aliphatic carbocycles. The van der Waals surface area contributed by atoms with Gasteiger partial charge in [0.1, 0.15) is 0 Å². The van der Waals surface area contributed by atoms with Gasteiger partial charge in [-0.25, -0.2) is 0 Å². The minimum atomic E-state index is 0. The topological polar surface area (TPSA) is 41.3 Å². The van der Waals surface area contributed by atoms with Gasteiger partial charge in [-0.05, 0) is 13.5 Å². The molecule has 0 spiro atoms. The van der Waals surface area contributed by atoms with E-state index in [1.54, 1.807) is 0 Å². The van der Waals surface area contributed by atoms with E-state index in [4.69, 9.17) is 5.73 Å². The molecule has 3 nitrogen and oxygen atoms in total. The van der Waals surface area contributed by atoms with E-state index in [0.717, 1.165) is 38.3 Å². The molecule has 3 N–H and O–H groups in total. The fourth-order valence-corrected chi connectivity index (χ4v) is 1.53. The third-order valence-corrected chi connectivity index (χ3v) is 2.30. The molecule has 0 fully saturated rings. The van der Waals surface area contributed by atoms with Crippen molar-refractivity contribution in [2.75, 3.05) is 26.2 Å². The summed E-state index contributed by atoms with van der Waals surface area (Å²) in [5.41, 5.74) is 8.18. The lowest BCUT2D eigenvalue weighted by Gasteiger charge is -2.28. The van der Waals surface area contributed by atoms with Crippen LogP contribution in [-0.4, -0.2) is 31.1 Å². The normalized spacial score (nSPS) is 19.8. The third-order valence-electron chi connectivity index (χ3n) is 2.30. The van der Waals surface area contributed by atoms with Crippen LogP contribution >= 0.6 is 0 Å².